The van der Waals surface area contributed by atoms with E-state index >= 15 is 0 Å². The van der Waals surface area contributed by atoms with Crippen LogP contribution in [0.1, 0.15) is 12.8 Å². The number of hydrogen-bond donors (Lipinski definition) is 1. The van der Waals surface area contributed by atoms with Crippen LogP contribution in [0.2, 0.25) is 10.0 Å². The van der Waals surface area contributed by atoms with Gasteiger partial charge in [0, 0.05) is 20.6 Å². The van der Waals surface area contributed by atoms with Crippen molar-refractivity contribution < 1.29 is 0 Å². The number of benzene rings is 1. The van der Waals surface area contributed by atoms with Gasteiger partial charge in [0.2, 0.25) is 0 Å². The molecule has 3 nitrogen and oxygen atoms in total. The molecule has 19 heavy (non-hydrogen) atoms. The van der Waals surface area contributed by atoms with E-state index in [0.29, 0.717) is 15.7 Å². The van der Waals surface area contributed by atoms with Gasteiger partial charge in [0.1, 0.15) is 0 Å². The summed E-state index contributed by atoms with van der Waals surface area (Å²) in [7, 11) is 3.90. The predicted molar refractivity (Wildman–Crippen MR) is 86.0 cm³/mol. The summed E-state index contributed by atoms with van der Waals surface area (Å²) < 4.78 is 0. The lowest BCUT2D eigenvalue weighted by molar-refractivity contribution is 0.613. The minimum absolute atomic E-state index is 0. The SMILES string of the molecule is CN(C)C(=NCC1CC1)Nc1c(Cl)cccc1Cl.Cl. The van der Waals surface area contributed by atoms with Crippen molar-refractivity contribution in [1.82, 2.24) is 4.90 Å². The molecule has 0 radical (unpaired) electrons. The molecule has 0 unspecified atom stereocenters. The molecule has 0 atom stereocenters. The number of guanidine groups is 1. The second-order valence-corrected chi connectivity index (χ2v) is 5.54. The summed E-state index contributed by atoms with van der Waals surface area (Å²) in [6.45, 7) is 0.864. The van der Waals surface area contributed by atoms with Crippen molar-refractivity contribution in [3.05, 3.63) is 28.2 Å². The molecule has 0 amide bonds. The summed E-state index contributed by atoms with van der Waals surface area (Å²) >= 11 is 12.3. The van der Waals surface area contributed by atoms with Gasteiger partial charge in [0.15, 0.2) is 5.96 Å². The Bertz CT molecular complexity index is 436. The van der Waals surface area contributed by atoms with Gasteiger partial charge in [-0.3, -0.25) is 4.99 Å². The van der Waals surface area contributed by atoms with Crippen LogP contribution in [0, 0.1) is 5.92 Å². The van der Waals surface area contributed by atoms with Crippen LogP contribution in [-0.2, 0) is 0 Å². The Morgan fingerprint density at radius 2 is 1.89 bits per heavy atom. The van der Waals surface area contributed by atoms with Crippen molar-refractivity contribution in [3.8, 4) is 0 Å². The molecule has 0 spiro atoms. The van der Waals surface area contributed by atoms with Crippen LogP contribution in [0.25, 0.3) is 0 Å². The van der Waals surface area contributed by atoms with E-state index in [2.05, 4.69) is 10.3 Å². The van der Waals surface area contributed by atoms with Crippen molar-refractivity contribution in [3.63, 3.8) is 0 Å². The van der Waals surface area contributed by atoms with Crippen LogP contribution in [0.15, 0.2) is 23.2 Å². The first-order valence-corrected chi connectivity index (χ1v) is 6.76. The molecule has 2 rings (SSSR count). The van der Waals surface area contributed by atoms with E-state index in [1.165, 1.54) is 12.8 Å². The highest BCUT2D eigenvalue weighted by Gasteiger charge is 2.21. The van der Waals surface area contributed by atoms with Gasteiger partial charge in [0.05, 0.1) is 15.7 Å². The number of nitrogens with one attached hydrogen (secondary N) is 1. The second kappa shape index (κ2) is 7.22. The topological polar surface area (TPSA) is 27.6 Å². The molecule has 0 bridgehead atoms. The second-order valence-electron chi connectivity index (χ2n) is 4.72. The molecule has 1 aromatic rings. The van der Waals surface area contributed by atoms with Crippen LogP contribution in [-0.4, -0.2) is 31.5 Å². The third kappa shape index (κ3) is 4.75. The van der Waals surface area contributed by atoms with Gasteiger partial charge in [-0.25, -0.2) is 0 Å². The number of anilines is 1. The zero-order valence-corrected chi connectivity index (χ0v) is 13.3. The maximum atomic E-state index is 6.13. The highest BCUT2D eigenvalue weighted by molar-refractivity contribution is 6.39. The third-order valence-electron chi connectivity index (χ3n) is 2.82. The summed E-state index contributed by atoms with van der Waals surface area (Å²) in [6.07, 6.45) is 2.58. The lowest BCUT2D eigenvalue weighted by Gasteiger charge is -2.19. The van der Waals surface area contributed by atoms with Crippen LogP contribution in [0.4, 0.5) is 5.69 Å². The van der Waals surface area contributed by atoms with Crippen molar-refractivity contribution in [1.29, 1.82) is 0 Å². The monoisotopic (exact) mass is 321 g/mol. The number of nitrogens with zero attached hydrogens (tertiary/aromatic N) is 2. The van der Waals surface area contributed by atoms with Crippen LogP contribution in [0.5, 0.6) is 0 Å². The number of halogens is 3. The van der Waals surface area contributed by atoms with Crippen molar-refractivity contribution in [2.24, 2.45) is 10.9 Å². The fourth-order valence-electron chi connectivity index (χ4n) is 1.54. The lowest BCUT2D eigenvalue weighted by atomic mass is 10.3. The molecular formula is C13H18Cl3N3. The maximum absolute atomic E-state index is 6.13. The van der Waals surface area contributed by atoms with E-state index in [0.717, 1.165) is 18.4 Å². The Labute approximate surface area is 130 Å². The smallest absolute Gasteiger partial charge is 0.198 e. The Morgan fingerprint density at radius 3 is 2.37 bits per heavy atom. The molecule has 1 N–H and O–H groups in total. The van der Waals surface area contributed by atoms with Crippen LogP contribution >= 0.6 is 35.6 Å². The van der Waals surface area contributed by atoms with Gasteiger partial charge in [-0.15, -0.1) is 12.4 Å². The van der Waals surface area contributed by atoms with Gasteiger partial charge in [-0.2, -0.15) is 0 Å². The van der Waals surface area contributed by atoms with Gasteiger partial charge < -0.3 is 10.2 Å². The quantitative estimate of drug-likeness (QED) is 0.668. The number of hydrogen-bond acceptors (Lipinski definition) is 1. The van der Waals surface area contributed by atoms with E-state index in [9.17, 15) is 0 Å². The molecule has 6 heteroatoms. The Kier molecular flexibility index (Phi) is 6.24. The van der Waals surface area contributed by atoms with E-state index in [-0.39, 0.29) is 12.4 Å². The molecule has 1 fully saturated rings. The minimum atomic E-state index is 0. The van der Waals surface area contributed by atoms with Crippen molar-refractivity contribution >= 4 is 47.3 Å². The first-order chi connectivity index (χ1) is 8.58. The van der Waals surface area contributed by atoms with E-state index in [1.54, 1.807) is 0 Å². The fourth-order valence-corrected chi connectivity index (χ4v) is 2.03. The zero-order valence-electron chi connectivity index (χ0n) is 11.0. The van der Waals surface area contributed by atoms with Gasteiger partial charge >= 0.3 is 0 Å². The molecule has 1 aliphatic carbocycles. The molecule has 0 heterocycles. The summed E-state index contributed by atoms with van der Waals surface area (Å²) in [5.41, 5.74) is 0.712. The summed E-state index contributed by atoms with van der Waals surface area (Å²) in [6, 6.07) is 5.44. The molecule has 1 aromatic carbocycles. The Balaban J connectivity index is 0.00000180. The molecule has 106 valence electrons. The summed E-state index contributed by atoms with van der Waals surface area (Å²) in [4.78, 5) is 6.51. The Morgan fingerprint density at radius 1 is 1.32 bits per heavy atom. The van der Waals surface area contributed by atoms with Gasteiger partial charge in [0.25, 0.3) is 0 Å². The van der Waals surface area contributed by atoms with E-state index in [4.69, 9.17) is 23.2 Å². The third-order valence-corrected chi connectivity index (χ3v) is 3.45. The summed E-state index contributed by atoms with van der Waals surface area (Å²) in [5, 5.41) is 4.41. The first kappa shape index (κ1) is 16.4. The van der Waals surface area contributed by atoms with Crippen molar-refractivity contribution in [2.75, 3.05) is 26.0 Å². The average Bonchev–Trinajstić information content (AvgIpc) is 3.11. The van der Waals surface area contributed by atoms with Crippen molar-refractivity contribution in [2.45, 2.75) is 12.8 Å². The summed E-state index contributed by atoms with van der Waals surface area (Å²) in [5.74, 6) is 1.54. The van der Waals surface area contributed by atoms with Gasteiger partial charge in [-0.1, -0.05) is 29.3 Å². The number of aliphatic imine (C=N–C) groups is 1. The predicted octanol–water partition coefficient (Wildman–Crippen LogP) is 4.15. The fraction of sp³-hybridized carbons (Fsp3) is 0.462. The Hall–Kier alpha value is -0.640. The minimum Gasteiger partial charge on any atom is -0.349 e. The molecule has 1 saturated carbocycles. The number of rotatable bonds is 3. The highest BCUT2D eigenvalue weighted by atomic mass is 35.5. The normalized spacial score (nSPS) is 14.8. The highest BCUT2D eigenvalue weighted by Crippen LogP contribution is 2.31. The zero-order chi connectivity index (χ0) is 13.1. The molecular weight excluding hydrogens is 305 g/mol. The van der Waals surface area contributed by atoms with E-state index < -0.39 is 0 Å². The lowest BCUT2D eigenvalue weighted by Crippen LogP contribution is -2.30. The molecule has 0 saturated heterocycles. The van der Waals surface area contributed by atoms with Crippen LogP contribution < -0.4 is 5.32 Å². The molecule has 1 aliphatic rings. The molecule has 0 aliphatic heterocycles. The van der Waals surface area contributed by atoms with E-state index in [1.807, 2.05) is 37.2 Å². The number of para-hydroxylation sites is 1. The van der Waals surface area contributed by atoms with Gasteiger partial charge in [-0.05, 0) is 30.9 Å². The average molecular weight is 323 g/mol. The largest absolute Gasteiger partial charge is 0.349 e. The maximum Gasteiger partial charge on any atom is 0.198 e. The van der Waals surface area contributed by atoms with Crippen LogP contribution in [0.3, 0.4) is 0 Å². The standard InChI is InChI=1S/C13H17Cl2N3.ClH/c1-18(2)13(16-8-9-6-7-9)17-12-10(14)4-3-5-11(12)15;/h3-5,9H,6-8H2,1-2H3,(H,16,17);1H. The molecule has 0 aromatic heterocycles. The first-order valence-electron chi connectivity index (χ1n) is 6.00.